The normalized spacial score (nSPS) is 9.23. The fraction of sp³-hybridized carbons (Fsp3) is 0. The predicted octanol–water partition coefficient (Wildman–Crippen LogP) is 0.502. The maximum absolute atomic E-state index is 10.5. The average Bonchev–Trinajstić information content (AvgIpc) is 2.08. The highest BCUT2D eigenvalue weighted by molar-refractivity contribution is 5.89. The molecule has 5 heteroatoms. The standard InChI is InChI=1S/C8H7NO4/c9-6-3-5(8(11)12)1-2-7(6)13-4-10/h1-4H,9H2,(H,11,12). The van der Waals surface area contributed by atoms with Gasteiger partial charge in [-0.2, -0.15) is 0 Å². The van der Waals surface area contributed by atoms with Gasteiger partial charge in [-0.25, -0.2) is 4.79 Å². The van der Waals surface area contributed by atoms with Crippen molar-refractivity contribution < 1.29 is 19.4 Å². The molecule has 0 aliphatic carbocycles. The lowest BCUT2D eigenvalue weighted by Crippen LogP contribution is -2.00. The van der Waals surface area contributed by atoms with Crippen LogP contribution in [0.1, 0.15) is 10.4 Å². The van der Waals surface area contributed by atoms with E-state index in [-0.39, 0.29) is 23.5 Å². The highest BCUT2D eigenvalue weighted by atomic mass is 16.5. The van der Waals surface area contributed by atoms with Gasteiger partial charge < -0.3 is 15.6 Å². The van der Waals surface area contributed by atoms with Crippen LogP contribution in [0.2, 0.25) is 0 Å². The summed E-state index contributed by atoms with van der Waals surface area (Å²) in [5, 5.41) is 8.56. The summed E-state index contributed by atoms with van der Waals surface area (Å²) in [6.45, 7) is 0.228. The van der Waals surface area contributed by atoms with Crippen LogP contribution in [0.3, 0.4) is 0 Å². The Morgan fingerprint density at radius 3 is 2.69 bits per heavy atom. The Bertz CT molecular complexity index is 348. The fourth-order valence-electron chi connectivity index (χ4n) is 0.841. The van der Waals surface area contributed by atoms with Crippen molar-refractivity contribution in [1.29, 1.82) is 0 Å². The molecule has 0 aromatic heterocycles. The van der Waals surface area contributed by atoms with Crippen molar-refractivity contribution in [3.63, 3.8) is 0 Å². The van der Waals surface area contributed by atoms with Gasteiger partial charge in [0.05, 0.1) is 11.3 Å². The van der Waals surface area contributed by atoms with Gasteiger partial charge in [-0.15, -0.1) is 0 Å². The summed E-state index contributed by atoms with van der Waals surface area (Å²) in [6.07, 6.45) is 0. The molecule has 1 rings (SSSR count). The summed E-state index contributed by atoms with van der Waals surface area (Å²) in [5.41, 5.74) is 5.57. The highest BCUT2D eigenvalue weighted by Gasteiger charge is 2.06. The first-order valence-corrected chi connectivity index (χ1v) is 3.38. The van der Waals surface area contributed by atoms with Gasteiger partial charge >= 0.3 is 5.97 Å². The first kappa shape index (κ1) is 9.05. The molecule has 0 atom stereocenters. The topological polar surface area (TPSA) is 89.6 Å². The number of carbonyl (C=O) groups is 2. The number of carbonyl (C=O) groups excluding carboxylic acids is 1. The summed E-state index contributed by atoms with van der Waals surface area (Å²) in [4.78, 5) is 20.4. The van der Waals surface area contributed by atoms with E-state index >= 15 is 0 Å². The molecule has 68 valence electrons. The predicted molar refractivity (Wildman–Crippen MR) is 44.5 cm³/mol. The summed E-state index contributed by atoms with van der Waals surface area (Å²) >= 11 is 0. The van der Waals surface area contributed by atoms with E-state index in [4.69, 9.17) is 10.8 Å². The molecule has 1 aromatic carbocycles. The lowest BCUT2D eigenvalue weighted by atomic mass is 10.2. The van der Waals surface area contributed by atoms with Crippen molar-refractivity contribution in [2.75, 3.05) is 5.73 Å². The van der Waals surface area contributed by atoms with Crippen molar-refractivity contribution in [3.05, 3.63) is 23.8 Å². The number of rotatable bonds is 3. The largest absolute Gasteiger partial charge is 0.478 e. The van der Waals surface area contributed by atoms with E-state index in [0.717, 1.165) is 0 Å². The van der Waals surface area contributed by atoms with Crippen molar-refractivity contribution in [2.24, 2.45) is 0 Å². The zero-order valence-corrected chi connectivity index (χ0v) is 6.56. The average molecular weight is 181 g/mol. The molecule has 0 saturated carbocycles. The number of aromatic carboxylic acids is 1. The molecule has 0 aliphatic rings. The van der Waals surface area contributed by atoms with Gasteiger partial charge in [0.1, 0.15) is 0 Å². The minimum atomic E-state index is -1.08. The van der Waals surface area contributed by atoms with Crippen LogP contribution in [0.25, 0.3) is 0 Å². The molecule has 0 amide bonds. The van der Waals surface area contributed by atoms with E-state index in [0.29, 0.717) is 0 Å². The van der Waals surface area contributed by atoms with Crippen molar-refractivity contribution in [3.8, 4) is 5.75 Å². The number of benzene rings is 1. The minimum Gasteiger partial charge on any atom is -0.478 e. The monoisotopic (exact) mass is 181 g/mol. The number of anilines is 1. The smallest absolute Gasteiger partial charge is 0.335 e. The van der Waals surface area contributed by atoms with Crippen LogP contribution >= 0.6 is 0 Å². The van der Waals surface area contributed by atoms with E-state index < -0.39 is 5.97 Å². The third-order valence-electron chi connectivity index (χ3n) is 1.43. The molecule has 0 aliphatic heterocycles. The number of hydrogen-bond acceptors (Lipinski definition) is 4. The molecule has 1 aromatic rings. The second-order valence-electron chi connectivity index (χ2n) is 2.27. The molecule has 0 radical (unpaired) electrons. The second kappa shape index (κ2) is 3.57. The molecule has 3 N–H and O–H groups in total. The molecule has 13 heavy (non-hydrogen) atoms. The minimum absolute atomic E-state index is 0.0516. The quantitative estimate of drug-likeness (QED) is 0.523. The van der Waals surface area contributed by atoms with E-state index in [1.807, 2.05) is 0 Å². The number of hydrogen-bond donors (Lipinski definition) is 2. The first-order valence-electron chi connectivity index (χ1n) is 3.38. The third-order valence-corrected chi connectivity index (χ3v) is 1.43. The zero-order chi connectivity index (χ0) is 9.84. The number of nitrogens with two attached hydrogens (primary N) is 1. The van der Waals surface area contributed by atoms with Gasteiger partial charge in [-0.3, -0.25) is 4.79 Å². The van der Waals surface area contributed by atoms with Crippen LogP contribution in [0, 0.1) is 0 Å². The van der Waals surface area contributed by atoms with E-state index in [9.17, 15) is 9.59 Å². The number of carboxylic acid groups (broad SMARTS) is 1. The molecular formula is C8H7NO4. The molecule has 0 bridgehead atoms. The Balaban J connectivity index is 3.04. The van der Waals surface area contributed by atoms with Crippen LogP contribution in [-0.2, 0) is 4.79 Å². The van der Waals surface area contributed by atoms with E-state index in [1.165, 1.54) is 18.2 Å². The number of nitrogen functional groups attached to an aromatic ring is 1. The van der Waals surface area contributed by atoms with E-state index in [2.05, 4.69) is 4.74 Å². The number of carboxylic acids is 1. The Morgan fingerprint density at radius 2 is 2.23 bits per heavy atom. The highest BCUT2D eigenvalue weighted by Crippen LogP contribution is 2.21. The van der Waals surface area contributed by atoms with Gasteiger partial charge in [0, 0.05) is 0 Å². The van der Waals surface area contributed by atoms with Gasteiger partial charge in [-0.1, -0.05) is 0 Å². The van der Waals surface area contributed by atoms with Crippen molar-refractivity contribution >= 4 is 18.1 Å². The maximum Gasteiger partial charge on any atom is 0.335 e. The number of ether oxygens (including phenoxy) is 1. The lowest BCUT2D eigenvalue weighted by molar-refractivity contribution is -0.120. The van der Waals surface area contributed by atoms with Crippen LogP contribution < -0.4 is 10.5 Å². The van der Waals surface area contributed by atoms with E-state index in [1.54, 1.807) is 0 Å². The van der Waals surface area contributed by atoms with Crippen LogP contribution in [0.4, 0.5) is 5.69 Å². The van der Waals surface area contributed by atoms with Crippen LogP contribution in [0.15, 0.2) is 18.2 Å². The fourth-order valence-corrected chi connectivity index (χ4v) is 0.841. The summed E-state index contributed by atoms with van der Waals surface area (Å²) in [7, 11) is 0. The van der Waals surface area contributed by atoms with Crippen molar-refractivity contribution in [1.82, 2.24) is 0 Å². The molecule has 0 unspecified atom stereocenters. The third kappa shape index (κ3) is 1.96. The molecular weight excluding hydrogens is 174 g/mol. The van der Waals surface area contributed by atoms with Crippen molar-refractivity contribution in [2.45, 2.75) is 0 Å². The Morgan fingerprint density at radius 1 is 1.54 bits per heavy atom. The Hall–Kier alpha value is -2.04. The Kier molecular flexibility index (Phi) is 2.49. The summed E-state index contributed by atoms with van der Waals surface area (Å²) in [6, 6.07) is 3.85. The van der Waals surface area contributed by atoms with Gasteiger partial charge in [-0.05, 0) is 18.2 Å². The Labute approximate surface area is 73.7 Å². The molecule has 0 heterocycles. The SMILES string of the molecule is Nc1cc(C(=O)O)ccc1OC=O. The van der Waals surface area contributed by atoms with Gasteiger partial charge in [0.25, 0.3) is 6.47 Å². The molecule has 0 saturated heterocycles. The second-order valence-corrected chi connectivity index (χ2v) is 2.27. The van der Waals surface area contributed by atoms with Crippen LogP contribution in [0.5, 0.6) is 5.75 Å². The van der Waals surface area contributed by atoms with Gasteiger partial charge in [0.15, 0.2) is 5.75 Å². The van der Waals surface area contributed by atoms with Crippen LogP contribution in [-0.4, -0.2) is 17.5 Å². The summed E-state index contributed by atoms with van der Waals surface area (Å²) in [5.74, 6) is -0.927. The molecule has 0 fully saturated rings. The summed E-state index contributed by atoms with van der Waals surface area (Å²) < 4.78 is 4.47. The molecule has 0 spiro atoms. The molecule has 5 nitrogen and oxygen atoms in total. The maximum atomic E-state index is 10.5. The zero-order valence-electron chi connectivity index (χ0n) is 6.56. The first-order chi connectivity index (χ1) is 6.15. The lowest BCUT2D eigenvalue weighted by Gasteiger charge is -2.02. The van der Waals surface area contributed by atoms with Gasteiger partial charge in [0.2, 0.25) is 0 Å².